The van der Waals surface area contributed by atoms with Gasteiger partial charge in [-0.1, -0.05) is 24.3 Å². The number of hydrogen-bond donors (Lipinski definition) is 2. The third-order valence-corrected chi connectivity index (χ3v) is 5.30. The number of nitrogens with one attached hydrogen (secondary N) is 2. The number of benzene rings is 3. The molecule has 0 spiro atoms. The molecule has 0 saturated carbocycles. The minimum Gasteiger partial charge on any atom is -0.497 e. The highest BCUT2D eigenvalue weighted by molar-refractivity contribution is 6.04. The fourth-order valence-electron chi connectivity index (χ4n) is 3.58. The number of ether oxygens (including phenoxy) is 2. The zero-order valence-corrected chi connectivity index (χ0v) is 17.3. The molecule has 2 N–H and O–H groups in total. The van der Waals surface area contributed by atoms with Crippen LogP contribution in [0, 0.1) is 0 Å². The summed E-state index contributed by atoms with van der Waals surface area (Å²) in [5, 5.41) is 5.77. The highest BCUT2D eigenvalue weighted by Crippen LogP contribution is 2.26. The predicted octanol–water partition coefficient (Wildman–Crippen LogP) is 3.99. The number of fused-ring (bicyclic) bond motifs is 1. The van der Waals surface area contributed by atoms with Gasteiger partial charge in [-0.15, -0.1) is 0 Å². The third-order valence-electron chi connectivity index (χ3n) is 5.30. The smallest absolute Gasteiger partial charge is 0.255 e. The first-order chi connectivity index (χ1) is 15.1. The van der Waals surface area contributed by atoms with Crippen LogP contribution in [0.2, 0.25) is 0 Å². The Kier molecular flexibility index (Phi) is 6.29. The molecular formula is C25H24N2O4. The molecular weight excluding hydrogens is 392 g/mol. The van der Waals surface area contributed by atoms with Crippen LogP contribution < -0.4 is 15.4 Å². The van der Waals surface area contributed by atoms with Crippen LogP contribution in [0.5, 0.6) is 5.75 Å². The van der Waals surface area contributed by atoms with Crippen molar-refractivity contribution < 1.29 is 19.1 Å². The molecule has 3 aromatic rings. The summed E-state index contributed by atoms with van der Waals surface area (Å²) in [6.45, 7) is 1.06. The molecule has 0 aliphatic carbocycles. The van der Waals surface area contributed by atoms with Crippen LogP contribution in [0.25, 0.3) is 0 Å². The van der Waals surface area contributed by atoms with Crippen molar-refractivity contribution in [1.29, 1.82) is 0 Å². The Morgan fingerprint density at radius 2 is 1.61 bits per heavy atom. The molecule has 2 amide bonds. The Morgan fingerprint density at radius 1 is 0.935 bits per heavy atom. The number of hydrogen-bond acceptors (Lipinski definition) is 4. The summed E-state index contributed by atoms with van der Waals surface area (Å²) >= 11 is 0. The Bertz CT molecular complexity index is 1060. The Hall–Kier alpha value is -3.64. The number of anilines is 1. The van der Waals surface area contributed by atoms with Crippen molar-refractivity contribution in [3.63, 3.8) is 0 Å². The van der Waals surface area contributed by atoms with Crippen LogP contribution in [0.4, 0.5) is 5.69 Å². The van der Waals surface area contributed by atoms with E-state index in [2.05, 4.69) is 16.7 Å². The summed E-state index contributed by atoms with van der Waals surface area (Å²) in [4.78, 5) is 24.9. The van der Waals surface area contributed by atoms with E-state index in [0.717, 1.165) is 12.0 Å². The van der Waals surface area contributed by atoms with Gasteiger partial charge in [0.05, 0.1) is 13.7 Å². The Labute approximate surface area is 181 Å². The minimum atomic E-state index is -0.229. The van der Waals surface area contributed by atoms with Gasteiger partial charge in [0.1, 0.15) is 11.9 Å². The fourth-order valence-corrected chi connectivity index (χ4v) is 3.58. The molecule has 31 heavy (non-hydrogen) atoms. The van der Waals surface area contributed by atoms with E-state index < -0.39 is 0 Å². The topological polar surface area (TPSA) is 76.7 Å². The van der Waals surface area contributed by atoms with Crippen LogP contribution in [0.15, 0.2) is 72.8 Å². The molecule has 1 aliphatic heterocycles. The van der Waals surface area contributed by atoms with Crippen LogP contribution in [-0.2, 0) is 11.2 Å². The van der Waals surface area contributed by atoms with E-state index in [9.17, 15) is 9.59 Å². The molecule has 0 unspecified atom stereocenters. The van der Waals surface area contributed by atoms with Gasteiger partial charge >= 0.3 is 0 Å². The summed E-state index contributed by atoms with van der Waals surface area (Å²) in [7, 11) is 1.58. The van der Waals surface area contributed by atoms with Gasteiger partial charge in [0.15, 0.2) is 0 Å². The minimum absolute atomic E-state index is 0.142. The molecule has 1 heterocycles. The average molecular weight is 416 g/mol. The molecule has 0 bridgehead atoms. The maximum absolute atomic E-state index is 12.5. The van der Waals surface area contributed by atoms with Crippen molar-refractivity contribution in [3.05, 3.63) is 95.1 Å². The second kappa shape index (κ2) is 9.45. The summed E-state index contributed by atoms with van der Waals surface area (Å²) in [6, 6.07) is 21.8. The van der Waals surface area contributed by atoms with E-state index >= 15 is 0 Å². The van der Waals surface area contributed by atoms with Gasteiger partial charge in [0, 0.05) is 23.4 Å². The maximum Gasteiger partial charge on any atom is 0.255 e. The molecule has 4 rings (SSSR count). The standard InChI is InChI=1S/C25H24N2O4/c1-30-21-12-8-19(9-13-21)25(29)27-20-10-6-18(7-11-20)24(28)26-16-23-22-5-3-2-4-17(22)14-15-31-23/h2-13,23H,14-16H2,1H3,(H,26,28)(H,27,29)/t23-/m1/s1. The summed E-state index contributed by atoms with van der Waals surface area (Å²) in [5.41, 5.74) is 4.06. The number of rotatable bonds is 6. The van der Waals surface area contributed by atoms with Crippen LogP contribution in [0.3, 0.4) is 0 Å². The van der Waals surface area contributed by atoms with Gasteiger partial charge in [-0.2, -0.15) is 0 Å². The van der Waals surface area contributed by atoms with Crippen molar-refractivity contribution in [2.75, 3.05) is 25.6 Å². The van der Waals surface area contributed by atoms with Crippen molar-refractivity contribution in [2.45, 2.75) is 12.5 Å². The molecule has 6 nitrogen and oxygen atoms in total. The predicted molar refractivity (Wildman–Crippen MR) is 119 cm³/mol. The van der Waals surface area contributed by atoms with E-state index in [4.69, 9.17) is 9.47 Å². The second-order valence-electron chi connectivity index (χ2n) is 7.28. The lowest BCUT2D eigenvalue weighted by Crippen LogP contribution is -2.31. The van der Waals surface area contributed by atoms with Crippen molar-refractivity contribution in [3.8, 4) is 5.75 Å². The molecule has 1 aliphatic rings. The van der Waals surface area contributed by atoms with Gasteiger partial charge in [0.25, 0.3) is 11.8 Å². The number of carbonyl (C=O) groups is 2. The van der Waals surface area contributed by atoms with Crippen LogP contribution in [-0.4, -0.2) is 32.1 Å². The Morgan fingerprint density at radius 3 is 2.35 bits per heavy atom. The molecule has 0 aromatic heterocycles. The van der Waals surface area contributed by atoms with Gasteiger partial charge in [0.2, 0.25) is 0 Å². The lowest BCUT2D eigenvalue weighted by Gasteiger charge is -2.26. The first-order valence-corrected chi connectivity index (χ1v) is 10.2. The molecule has 6 heteroatoms. The highest BCUT2D eigenvalue weighted by atomic mass is 16.5. The highest BCUT2D eigenvalue weighted by Gasteiger charge is 2.21. The molecule has 3 aromatic carbocycles. The fraction of sp³-hybridized carbons (Fsp3) is 0.200. The van der Waals surface area contributed by atoms with E-state index in [1.165, 1.54) is 5.56 Å². The zero-order valence-electron chi connectivity index (χ0n) is 17.3. The number of amides is 2. The normalized spacial score (nSPS) is 14.9. The van der Waals surface area contributed by atoms with Gasteiger partial charge in [-0.3, -0.25) is 9.59 Å². The molecule has 1 atom stereocenters. The average Bonchev–Trinajstić information content (AvgIpc) is 2.83. The lowest BCUT2D eigenvalue weighted by molar-refractivity contribution is 0.0411. The summed E-state index contributed by atoms with van der Waals surface area (Å²) in [5.74, 6) is 0.279. The van der Waals surface area contributed by atoms with E-state index in [-0.39, 0.29) is 17.9 Å². The van der Waals surface area contributed by atoms with Crippen molar-refractivity contribution >= 4 is 17.5 Å². The lowest BCUT2D eigenvalue weighted by atomic mass is 9.97. The monoisotopic (exact) mass is 416 g/mol. The summed E-state index contributed by atoms with van der Waals surface area (Å²) < 4.78 is 10.9. The van der Waals surface area contributed by atoms with Crippen LogP contribution in [0.1, 0.15) is 37.9 Å². The molecule has 0 radical (unpaired) electrons. The van der Waals surface area contributed by atoms with E-state index in [1.54, 1.807) is 55.6 Å². The second-order valence-corrected chi connectivity index (χ2v) is 7.28. The van der Waals surface area contributed by atoms with E-state index in [1.807, 2.05) is 18.2 Å². The van der Waals surface area contributed by atoms with Gasteiger partial charge < -0.3 is 20.1 Å². The van der Waals surface area contributed by atoms with Crippen molar-refractivity contribution in [2.24, 2.45) is 0 Å². The molecule has 0 saturated heterocycles. The number of methoxy groups -OCH3 is 1. The Balaban J connectivity index is 1.33. The molecule has 158 valence electrons. The van der Waals surface area contributed by atoms with Crippen LogP contribution >= 0.6 is 0 Å². The molecule has 0 fully saturated rings. The SMILES string of the molecule is COc1ccc(C(=O)Nc2ccc(C(=O)NC[C@H]3OCCc4ccccc43)cc2)cc1. The first kappa shape index (κ1) is 20.6. The quantitative estimate of drug-likeness (QED) is 0.637. The van der Waals surface area contributed by atoms with Gasteiger partial charge in [-0.25, -0.2) is 0 Å². The zero-order chi connectivity index (χ0) is 21.6. The third kappa shape index (κ3) is 4.92. The van der Waals surface area contributed by atoms with Gasteiger partial charge in [-0.05, 0) is 66.1 Å². The van der Waals surface area contributed by atoms with Crippen molar-refractivity contribution in [1.82, 2.24) is 5.32 Å². The summed E-state index contributed by atoms with van der Waals surface area (Å²) in [6.07, 6.45) is 0.751. The largest absolute Gasteiger partial charge is 0.497 e. The maximum atomic E-state index is 12.5. The first-order valence-electron chi connectivity index (χ1n) is 10.2. The van der Waals surface area contributed by atoms with E-state index in [0.29, 0.717) is 35.7 Å². The number of carbonyl (C=O) groups excluding carboxylic acids is 2.